The molecule has 0 spiro atoms. The number of aryl methyl sites for hydroxylation is 1. The predicted octanol–water partition coefficient (Wildman–Crippen LogP) is 4.16. The smallest absolute Gasteiger partial charge is 0.261 e. The Balaban J connectivity index is 1.15. The maximum Gasteiger partial charge on any atom is 0.261 e. The van der Waals surface area contributed by atoms with E-state index in [-0.39, 0.29) is 24.2 Å². The number of nitrogens with zero attached hydrogens (tertiary/aromatic N) is 2. The van der Waals surface area contributed by atoms with Gasteiger partial charge in [0.2, 0.25) is 0 Å². The van der Waals surface area contributed by atoms with E-state index in [0.29, 0.717) is 29.6 Å². The summed E-state index contributed by atoms with van der Waals surface area (Å²) in [6.45, 7) is 2.39. The number of rotatable bonds is 9. The first-order valence-corrected chi connectivity index (χ1v) is 12.3. The third-order valence-electron chi connectivity index (χ3n) is 5.77. The molecule has 0 aliphatic heterocycles. The van der Waals surface area contributed by atoms with Crippen molar-refractivity contribution >= 4 is 33.4 Å². The van der Waals surface area contributed by atoms with E-state index in [1.807, 2.05) is 37.3 Å². The summed E-state index contributed by atoms with van der Waals surface area (Å²) < 4.78 is 20.6. The molecule has 180 valence electrons. The molecule has 5 rings (SSSR count). The van der Waals surface area contributed by atoms with E-state index in [1.54, 1.807) is 16.8 Å². The standard InChI is InChI=1S/C26H25FN4O3S/c1-16-22-14-23(35-26(22)31(30-16)20-8-4-18(27)5-9-20)25(33)28-13-12-17-2-10-21(11-3-17)34-15-24(32)29-19-6-7-19/h2-5,8-11,14,19H,6-7,12-13,15H2,1H3,(H,28,33)(H,29,32). The molecule has 35 heavy (non-hydrogen) atoms. The van der Waals surface area contributed by atoms with Gasteiger partial charge in [-0.15, -0.1) is 11.3 Å². The van der Waals surface area contributed by atoms with Gasteiger partial charge in [0, 0.05) is 18.0 Å². The lowest BCUT2D eigenvalue weighted by atomic mass is 10.1. The van der Waals surface area contributed by atoms with E-state index >= 15 is 0 Å². The van der Waals surface area contributed by atoms with Crippen molar-refractivity contribution in [2.45, 2.75) is 32.2 Å². The Hall–Kier alpha value is -3.72. The molecule has 0 saturated heterocycles. The van der Waals surface area contributed by atoms with Crippen molar-refractivity contribution < 1.29 is 18.7 Å². The van der Waals surface area contributed by atoms with E-state index in [9.17, 15) is 14.0 Å². The molecule has 4 aromatic rings. The van der Waals surface area contributed by atoms with Gasteiger partial charge in [-0.3, -0.25) is 9.59 Å². The Morgan fingerprint density at radius 1 is 1.14 bits per heavy atom. The summed E-state index contributed by atoms with van der Waals surface area (Å²) in [6, 6.07) is 15.8. The Labute approximate surface area is 205 Å². The fourth-order valence-corrected chi connectivity index (χ4v) is 4.82. The van der Waals surface area contributed by atoms with E-state index < -0.39 is 0 Å². The van der Waals surface area contributed by atoms with Gasteiger partial charge in [0.15, 0.2) is 6.61 Å². The number of carbonyl (C=O) groups excluding carboxylic acids is 2. The van der Waals surface area contributed by atoms with E-state index in [1.165, 1.54) is 23.5 Å². The van der Waals surface area contributed by atoms with Gasteiger partial charge in [-0.2, -0.15) is 5.10 Å². The molecule has 0 radical (unpaired) electrons. The lowest BCUT2D eigenvalue weighted by Crippen LogP contribution is -2.30. The maximum absolute atomic E-state index is 13.3. The number of halogens is 1. The normalized spacial score (nSPS) is 13.1. The highest BCUT2D eigenvalue weighted by atomic mass is 32.1. The largest absolute Gasteiger partial charge is 0.484 e. The summed E-state index contributed by atoms with van der Waals surface area (Å²) in [5, 5.41) is 11.3. The lowest BCUT2D eigenvalue weighted by molar-refractivity contribution is -0.123. The monoisotopic (exact) mass is 492 g/mol. The number of ether oxygens (including phenoxy) is 1. The highest BCUT2D eigenvalue weighted by Crippen LogP contribution is 2.30. The number of aromatic nitrogens is 2. The quantitative estimate of drug-likeness (QED) is 0.367. The van der Waals surface area contributed by atoms with Gasteiger partial charge in [0.1, 0.15) is 16.4 Å². The van der Waals surface area contributed by atoms with Crippen molar-refractivity contribution in [3.05, 3.63) is 76.5 Å². The van der Waals surface area contributed by atoms with Crippen LogP contribution in [0.3, 0.4) is 0 Å². The zero-order chi connectivity index (χ0) is 24.4. The van der Waals surface area contributed by atoms with Crippen LogP contribution in [-0.4, -0.2) is 40.8 Å². The molecule has 2 heterocycles. The molecule has 7 nitrogen and oxygen atoms in total. The molecule has 1 aliphatic rings. The van der Waals surface area contributed by atoms with Crippen molar-refractivity contribution in [1.82, 2.24) is 20.4 Å². The van der Waals surface area contributed by atoms with Crippen molar-refractivity contribution in [2.75, 3.05) is 13.2 Å². The molecule has 1 fully saturated rings. The summed E-state index contributed by atoms with van der Waals surface area (Å²) in [5.74, 6) is 0.0945. The summed E-state index contributed by atoms with van der Waals surface area (Å²) >= 11 is 1.36. The molecule has 0 atom stereocenters. The van der Waals surface area contributed by atoms with E-state index in [2.05, 4.69) is 15.7 Å². The first-order chi connectivity index (χ1) is 17.0. The van der Waals surface area contributed by atoms with Gasteiger partial charge < -0.3 is 15.4 Å². The Morgan fingerprint density at radius 2 is 1.89 bits per heavy atom. The topological polar surface area (TPSA) is 85.2 Å². The number of thiophene rings is 1. The van der Waals surface area contributed by atoms with E-state index in [4.69, 9.17) is 4.74 Å². The number of benzene rings is 2. The molecular formula is C26H25FN4O3S. The van der Waals surface area contributed by atoms with Gasteiger partial charge in [0.05, 0.1) is 16.3 Å². The summed E-state index contributed by atoms with van der Waals surface area (Å²) in [7, 11) is 0. The average molecular weight is 493 g/mol. The molecule has 9 heteroatoms. The summed E-state index contributed by atoms with van der Waals surface area (Å²) in [4.78, 5) is 25.9. The predicted molar refractivity (Wildman–Crippen MR) is 133 cm³/mol. The van der Waals surface area contributed by atoms with Gasteiger partial charge in [-0.05, 0) is 74.2 Å². The second kappa shape index (κ2) is 9.87. The van der Waals surface area contributed by atoms with Gasteiger partial charge in [-0.25, -0.2) is 9.07 Å². The van der Waals surface area contributed by atoms with Gasteiger partial charge in [-0.1, -0.05) is 12.1 Å². The maximum atomic E-state index is 13.3. The van der Waals surface area contributed by atoms with Crippen LogP contribution >= 0.6 is 11.3 Å². The van der Waals surface area contributed by atoms with Crippen LogP contribution in [-0.2, 0) is 11.2 Å². The average Bonchev–Trinajstić information content (AvgIpc) is 3.46. The zero-order valence-corrected chi connectivity index (χ0v) is 20.0. The Morgan fingerprint density at radius 3 is 2.60 bits per heavy atom. The molecule has 0 bridgehead atoms. The fraction of sp³-hybridized carbons (Fsp3) is 0.269. The van der Waals surface area contributed by atoms with Crippen LogP contribution in [0.4, 0.5) is 4.39 Å². The number of hydrogen-bond donors (Lipinski definition) is 2. The Bertz CT molecular complexity index is 1360. The highest BCUT2D eigenvalue weighted by molar-refractivity contribution is 7.20. The first kappa shape index (κ1) is 23.0. The Kier molecular flexibility index (Phi) is 6.50. The van der Waals surface area contributed by atoms with Gasteiger partial charge >= 0.3 is 0 Å². The van der Waals surface area contributed by atoms with Crippen LogP contribution in [0.5, 0.6) is 5.75 Å². The minimum atomic E-state index is -0.307. The van der Waals surface area contributed by atoms with E-state index in [0.717, 1.165) is 40.0 Å². The molecule has 2 amide bonds. The second-order valence-corrected chi connectivity index (χ2v) is 9.61. The number of hydrogen-bond acceptors (Lipinski definition) is 5. The van der Waals surface area contributed by atoms with Crippen molar-refractivity contribution in [2.24, 2.45) is 0 Å². The van der Waals surface area contributed by atoms with Crippen LogP contribution in [0.1, 0.15) is 33.8 Å². The summed E-state index contributed by atoms with van der Waals surface area (Å²) in [5.41, 5.74) is 2.61. The molecular weight excluding hydrogens is 467 g/mol. The summed E-state index contributed by atoms with van der Waals surface area (Å²) in [6.07, 6.45) is 2.77. The molecule has 2 aromatic carbocycles. The molecule has 1 aliphatic carbocycles. The van der Waals surface area contributed by atoms with Crippen molar-refractivity contribution in [1.29, 1.82) is 0 Å². The fourth-order valence-electron chi connectivity index (χ4n) is 3.72. The molecule has 1 saturated carbocycles. The van der Waals surface area contributed by atoms with Crippen LogP contribution in [0.25, 0.3) is 15.9 Å². The number of fused-ring (bicyclic) bond motifs is 1. The SMILES string of the molecule is Cc1nn(-c2ccc(F)cc2)c2sc(C(=O)NCCc3ccc(OCC(=O)NC4CC4)cc3)cc12. The molecule has 0 unspecified atom stereocenters. The minimum absolute atomic E-state index is 0.0134. The van der Waals surface area contributed by atoms with Crippen LogP contribution in [0.2, 0.25) is 0 Å². The van der Waals surface area contributed by atoms with Crippen LogP contribution in [0.15, 0.2) is 54.6 Å². The zero-order valence-electron chi connectivity index (χ0n) is 19.2. The van der Waals surface area contributed by atoms with Crippen molar-refractivity contribution in [3.63, 3.8) is 0 Å². The third-order valence-corrected chi connectivity index (χ3v) is 6.88. The first-order valence-electron chi connectivity index (χ1n) is 11.5. The number of amides is 2. The minimum Gasteiger partial charge on any atom is -0.484 e. The lowest BCUT2D eigenvalue weighted by Gasteiger charge is -2.08. The van der Waals surface area contributed by atoms with Gasteiger partial charge in [0.25, 0.3) is 11.8 Å². The second-order valence-electron chi connectivity index (χ2n) is 8.58. The number of nitrogens with one attached hydrogen (secondary N) is 2. The molecule has 2 aromatic heterocycles. The van der Waals surface area contributed by atoms with Crippen LogP contribution < -0.4 is 15.4 Å². The third kappa shape index (κ3) is 5.51. The van der Waals surface area contributed by atoms with Crippen LogP contribution in [0, 0.1) is 12.7 Å². The van der Waals surface area contributed by atoms with Crippen molar-refractivity contribution in [3.8, 4) is 11.4 Å². The number of carbonyl (C=O) groups is 2. The molecule has 2 N–H and O–H groups in total. The highest BCUT2D eigenvalue weighted by Gasteiger charge is 2.23.